The van der Waals surface area contributed by atoms with E-state index in [4.69, 9.17) is 3.07 Å². The van der Waals surface area contributed by atoms with Crippen LogP contribution in [-0.2, 0) is 7.87 Å². The maximum absolute atomic E-state index is 10.2. The monoisotopic (exact) mass is 192 g/mol. The zero-order chi connectivity index (χ0) is 4.41. The summed E-state index contributed by atoms with van der Waals surface area (Å²) in [6.07, 6.45) is 0.701. The molecule has 0 atom stereocenters. The predicted octanol–water partition coefficient (Wildman–Crippen LogP) is -0.448. The van der Waals surface area contributed by atoms with E-state index in [0.717, 1.165) is 0 Å². The van der Waals surface area contributed by atoms with Crippen molar-refractivity contribution in [2.75, 3.05) is 6.61 Å². The zero-order valence-electron chi connectivity index (χ0n) is 3.23. The Kier molecular flexibility index (Phi) is 1.47. The van der Waals surface area contributed by atoms with Crippen LogP contribution in [0.15, 0.2) is 0 Å². The van der Waals surface area contributed by atoms with Crippen LogP contribution in [0.1, 0.15) is 6.42 Å². The summed E-state index contributed by atoms with van der Waals surface area (Å²) in [5, 5.41) is 0. The molecule has 1 saturated heterocycles. The normalized spacial score (nSPS) is 22.3. The van der Waals surface area contributed by atoms with Crippen molar-refractivity contribution in [1.29, 1.82) is 0 Å². The quantitative estimate of drug-likeness (QED) is 0.484. The van der Waals surface area contributed by atoms with Crippen molar-refractivity contribution in [3.63, 3.8) is 0 Å². The molecule has 1 heterocycles. The third-order valence-corrected chi connectivity index (χ3v) is 2.98. The van der Waals surface area contributed by atoms with Crippen molar-refractivity contribution in [2.45, 2.75) is 6.42 Å². The van der Waals surface area contributed by atoms with Crippen LogP contribution in [0.3, 0.4) is 0 Å². The van der Waals surface area contributed by atoms with E-state index in [2.05, 4.69) is 0 Å². The Morgan fingerprint density at radius 2 is 2.67 bits per heavy atom. The molecule has 0 amide bonds. The molecule has 0 aromatic carbocycles. The minimum absolute atomic E-state index is 0.401. The van der Waals surface area contributed by atoms with E-state index in [1.165, 1.54) is 0 Å². The average molecular weight is 191 g/mol. The van der Waals surface area contributed by atoms with Gasteiger partial charge in [0.15, 0.2) is 0 Å². The summed E-state index contributed by atoms with van der Waals surface area (Å²) in [6.45, 7) is 0.713. The van der Waals surface area contributed by atoms with Crippen LogP contribution < -0.4 is 0 Å². The molecule has 2 radical (unpaired) electrons. The average Bonchev–Trinajstić information content (AvgIpc) is 1.86. The molecular formula is C3H4O2Sn. The van der Waals surface area contributed by atoms with Gasteiger partial charge in [0.2, 0.25) is 0 Å². The van der Waals surface area contributed by atoms with Gasteiger partial charge in [0.05, 0.1) is 0 Å². The van der Waals surface area contributed by atoms with Crippen molar-refractivity contribution in [3.8, 4) is 0 Å². The van der Waals surface area contributed by atoms with Crippen LogP contribution in [0.4, 0.5) is 0 Å². The molecule has 1 aliphatic heterocycles. The first-order valence-corrected chi connectivity index (χ1v) is 4.39. The molecule has 0 aliphatic carbocycles. The van der Waals surface area contributed by atoms with Gasteiger partial charge < -0.3 is 0 Å². The third-order valence-electron chi connectivity index (χ3n) is 0.617. The van der Waals surface area contributed by atoms with E-state index in [1.54, 1.807) is 0 Å². The molecule has 0 aromatic heterocycles. The van der Waals surface area contributed by atoms with E-state index >= 15 is 0 Å². The van der Waals surface area contributed by atoms with E-state index in [0.29, 0.717) is 16.8 Å². The molecule has 2 nitrogen and oxygen atoms in total. The molecule has 0 saturated carbocycles. The molecule has 3 heteroatoms. The second-order valence-electron chi connectivity index (χ2n) is 1.12. The third kappa shape index (κ3) is 0.943. The van der Waals surface area contributed by atoms with Gasteiger partial charge in [0.1, 0.15) is 0 Å². The molecule has 0 bridgehead atoms. The van der Waals surface area contributed by atoms with Crippen LogP contribution in [0.25, 0.3) is 0 Å². The number of carbonyl (C=O) groups excluding carboxylic acids is 1. The first-order valence-electron chi connectivity index (χ1n) is 1.80. The SMILES string of the molecule is O=[C]1CC[O][Sn]1. The summed E-state index contributed by atoms with van der Waals surface area (Å²) < 4.78 is 5.28. The predicted molar refractivity (Wildman–Crippen MR) is 21.3 cm³/mol. The van der Waals surface area contributed by atoms with Crippen LogP contribution in [0.5, 0.6) is 0 Å². The first kappa shape index (κ1) is 4.58. The summed E-state index contributed by atoms with van der Waals surface area (Å²) in [5.74, 6) is 0. The zero-order valence-corrected chi connectivity index (χ0v) is 6.08. The van der Waals surface area contributed by atoms with Crippen LogP contribution in [0.2, 0.25) is 0 Å². The van der Waals surface area contributed by atoms with Gasteiger partial charge in [-0.1, -0.05) is 0 Å². The second kappa shape index (κ2) is 1.93. The second-order valence-corrected chi connectivity index (χ2v) is 4.12. The van der Waals surface area contributed by atoms with Gasteiger partial charge in [-0.2, -0.15) is 0 Å². The molecule has 0 unspecified atom stereocenters. The number of hydrogen-bond donors (Lipinski definition) is 0. The molecule has 1 rings (SSSR count). The van der Waals surface area contributed by atoms with Crippen LogP contribution in [-0.4, -0.2) is 32.0 Å². The van der Waals surface area contributed by atoms with Crippen LogP contribution >= 0.6 is 0 Å². The van der Waals surface area contributed by atoms with Crippen molar-refractivity contribution in [3.05, 3.63) is 0 Å². The Morgan fingerprint density at radius 3 is 2.83 bits per heavy atom. The topological polar surface area (TPSA) is 26.3 Å². The Balaban J connectivity index is 2.37. The van der Waals surface area contributed by atoms with Crippen LogP contribution in [0, 0.1) is 0 Å². The summed E-state index contributed by atoms with van der Waals surface area (Å²) in [7, 11) is 0. The van der Waals surface area contributed by atoms with Gasteiger partial charge in [-0.05, 0) is 0 Å². The molecule has 32 valence electrons. The van der Waals surface area contributed by atoms with Crippen molar-refractivity contribution >= 4 is 25.4 Å². The summed E-state index contributed by atoms with van der Waals surface area (Å²) in [6, 6.07) is 0. The Morgan fingerprint density at radius 1 is 1.83 bits per heavy atom. The van der Waals surface area contributed by atoms with Gasteiger partial charge in [-0.15, -0.1) is 0 Å². The summed E-state index contributed by atoms with van der Waals surface area (Å²) >= 11 is -0.899. The van der Waals surface area contributed by atoms with E-state index in [-0.39, 0.29) is 0 Å². The van der Waals surface area contributed by atoms with Crippen molar-refractivity contribution in [1.82, 2.24) is 0 Å². The Hall–Kier alpha value is 0.429. The maximum atomic E-state index is 10.2. The van der Waals surface area contributed by atoms with E-state index in [1.807, 2.05) is 0 Å². The minimum atomic E-state index is -0.899. The van der Waals surface area contributed by atoms with Gasteiger partial charge >= 0.3 is 46.3 Å². The van der Waals surface area contributed by atoms with Gasteiger partial charge in [0.25, 0.3) is 0 Å². The van der Waals surface area contributed by atoms with Crippen molar-refractivity contribution in [2.24, 2.45) is 0 Å². The molecular weight excluding hydrogens is 187 g/mol. The number of hydrogen-bond acceptors (Lipinski definition) is 2. The fourth-order valence-corrected chi connectivity index (χ4v) is 1.95. The molecule has 6 heavy (non-hydrogen) atoms. The molecule has 0 N–H and O–H groups in total. The Bertz CT molecular complexity index is 63.2. The molecule has 0 spiro atoms. The number of carbonyl (C=O) groups is 1. The Labute approximate surface area is 46.6 Å². The molecule has 1 aliphatic rings. The van der Waals surface area contributed by atoms with E-state index in [9.17, 15) is 4.79 Å². The summed E-state index contributed by atoms with van der Waals surface area (Å²) in [5.41, 5.74) is 0. The fourth-order valence-electron chi connectivity index (χ4n) is 0.326. The van der Waals surface area contributed by atoms with Gasteiger partial charge in [0, 0.05) is 0 Å². The van der Waals surface area contributed by atoms with Gasteiger partial charge in [-0.25, -0.2) is 0 Å². The van der Waals surface area contributed by atoms with Gasteiger partial charge in [-0.3, -0.25) is 0 Å². The fraction of sp³-hybridized carbons (Fsp3) is 0.667. The number of rotatable bonds is 0. The summed E-state index contributed by atoms with van der Waals surface area (Å²) in [4.78, 5) is 10.2. The molecule has 1 fully saturated rings. The first-order chi connectivity index (χ1) is 2.89. The molecule has 0 aromatic rings. The standard InChI is InChI=1S/C3H4O2.Sn/c4-2-1-3-5;/h1-2H2;/q-1;+1. The van der Waals surface area contributed by atoms with E-state index < -0.39 is 21.6 Å². The van der Waals surface area contributed by atoms with Crippen molar-refractivity contribution < 1.29 is 7.87 Å².